The van der Waals surface area contributed by atoms with Crippen molar-refractivity contribution in [1.29, 1.82) is 0 Å². The third-order valence-corrected chi connectivity index (χ3v) is 3.51. The highest BCUT2D eigenvalue weighted by Crippen LogP contribution is 2.25. The molecule has 3 heteroatoms. The molecule has 1 rings (SSSR count). The second-order valence-electron chi connectivity index (χ2n) is 3.23. The number of halogens is 1. The van der Waals surface area contributed by atoms with Crippen molar-refractivity contribution in [2.75, 3.05) is 0 Å². The summed E-state index contributed by atoms with van der Waals surface area (Å²) in [6, 6.07) is 2.18. The Kier molecular flexibility index (Phi) is 3.56. The normalized spacial score (nSPS) is 16.0. The highest BCUT2D eigenvalue weighted by molar-refractivity contribution is 7.10. The molecule has 68 valence electrons. The number of hydrogen-bond acceptors (Lipinski definition) is 2. The van der Waals surface area contributed by atoms with Crippen LogP contribution in [-0.4, -0.2) is 6.04 Å². The van der Waals surface area contributed by atoms with Gasteiger partial charge in [-0.2, -0.15) is 0 Å². The van der Waals surface area contributed by atoms with Crippen LogP contribution >= 0.6 is 22.9 Å². The molecule has 0 radical (unpaired) electrons. The molecule has 1 heterocycles. The van der Waals surface area contributed by atoms with Crippen molar-refractivity contribution in [1.82, 2.24) is 0 Å². The van der Waals surface area contributed by atoms with Crippen LogP contribution in [0.1, 0.15) is 18.7 Å². The molecule has 2 atom stereocenters. The molecule has 0 fully saturated rings. The van der Waals surface area contributed by atoms with Crippen molar-refractivity contribution in [3.05, 3.63) is 21.3 Å². The van der Waals surface area contributed by atoms with E-state index in [9.17, 15) is 0 Å². The van der Waals surface area contributed by atoms with Crippen LogP contribution in [0.25, 0.3) is 0 Å². The molecule has 12 heavy (non-hydrogen) atoms. The first-order chi connectivity index (χ1) is 5.61. The molecule has 0 aromatic carbocycles. The van der Waals surface area contributed by atoms with Crippen molar-refractivity contribution in [3.63, 3.8) is 0 Å². The van der Waals surface area contributed by atoms with Gasteiger partial charge >= 0.3 is 0 Å². The molecule has 1 aromatic heterocycles. The monoisotopic (exact) mass is 203 g/mol. The summed E-state index contributed by atoms with van der Waals surface area (Å²) in [7, 11) is 0. The summed E-state index contributed by atoms with van der Waals surface area (Å²) in [5.41, 5.74) is 5.76. The van der Waals surface area contributed by atoms with Crippen LogP contribution in [0.4, 0.5) is 0 Å². The maximum atomic E-state index is 5.96. The van der Waals surface area contributed by atoms with Gasteiger partial charge in [0.2, 0.25) is 0 Å². The van der Waals surface area contributed by atoms with Crippen molar-refractivity contribution >= 4 is 22.9 Å². The summed E-state index contributed by atoms with van der Waals surface area (Å²) >= 11 is 7.67. The van der Waals surface area contributed by atoms with Crippen LogP contribution in [0.2, 0.25) is 5.02 Å². The molecular weight excluding hydrogens is 190 g/mol. The molecule has 0 aliphatic heterocycles. The minimum absolute atomic E-state index is 0.239. The van der Waals surface area contributed by atoms with Crippen molar-refractivity contribution in [3.8, 4) is 0 Å². The van der Waals surface area contributed by atoms with Gasteiger partial charge in [-0.3, -0.25) is 0 Å². The fraction of sp³-hybridized carbons (Fsp3) is 0.556. The van der Waals surface area contributed by atoms with E-state index in [-0.39, 0.29) is 6.04 Å². The van der Waals surface area contributed by atoms with Crippen molar-refractivity contribution in [2.45, 2.75) is 26.3 Å². The Morgan fingerprint density at radius 1 is 1.58 bits per heavy atom. The lowest BCUT2D eigenvalue weighted by atomic mass is 10.00. The number of rotatable bonds is 3. The summed E-state index contributed by atoms with van der Waals surface area (Å²) in [6.45, 7) is 4.19. The van der Waals surface area contributed by atoms with Gasteiger partial charge in [0.1, 0.15) is 0 Å². The summed E-state index contributed by atoms with van der Waals surface area (Å²) in [4.78, 5) is 1.25. The molecule has 1 aromatic rings. The van der Waals surface area contributed by atoms with E-state index < -0.39 is 0 Å². The number of thiophene rings is 1. The van der Waals surface area contributed by atoms with Crippen LogP contribution < -0.4 is 5.73 Å². The van der Waals surface area contributed by atoms with Gasteiger partial charge in [0, 0.05) is 10.9 Å². The Hall–Kier alpha value is -0.0500. The third-order valence-electron chi connectivity index (χ3n) is 2.10. The van der Waals surface area contributed by atoms with Crippen LogP contribution in [0.15, 0.2) is 11.4 Å². The summed E-state index contributed by atoms with van der Waals surface area (Å²) in [5, 5.41) is 2.90. The van der Waals surface area contributed by atoms with Gasteiger partial charge in [0.15, 0.2) is 0 Å². The van der Waals surface area contributed by atoms with Gasteiger partial charge in [-0.15, -0.1) is 11.3 Å². The first-order valence-electron chi connectivity index (χ1n) is 4.08. The highest BCUT2D eigenvalue weighted by atomic mass is 35.5. The molecule has 1 nitrogen and oxygen atoms in total. The van der Waals surface area contributed by atoms with Gasteiger partial charge in [0.25, 0.3) is 0 Å². The van der Waals surface area contributed by atoms with Crippen LogP contribution in [0.5, 0.6) is 0 Å². The zero-order chi connectivity index (χ0) is 9.14. The van der Waals surface area contributed by atoms with E-state index in [1.807, 2.05) is 18.4 Å². The van der Waals surface area contributed by atoms with Crippen LogP contribution in [0.3, 0.4) is 0 Å². The van der Waals surface area contributed by atoms with Gasteiger partial charge in [0.05, 0.1) is 5.02 Å². The fourth-order valence-corrected chi connectivity index (χ4v) is 2.21. The lowest BCUT2D eigenvalue weighted by molar-refractivity contribution is 0.485. The van der Waals surface area contributed by atoms with Gasteiger partial charge < -0.3 is 5.73 Å². The summed E-state index contributed by atoms with van der Waals surface area (Å²) in [5.74, 6) is 0.501. The minimum atomic E-state index is 0.239. The zero-order valence-electron chi connectivity index (χ0n) is 7.38. The number of nitrogens with two attached hydrogens (primary N) is 1. The predicted molar refractivity (Wildman–Crippen MR) is 55.8 cm³/mol. The van der Waals surface area contributed by atoms with Gasteiger partial charge in [-0.05, 0) is 30.7 Å². The van der Waals surface area contributed by atoms with E-state index in [1.165, 1.54) is 4.88 Å². The average Bonchev–Trinajstić information content (AvgIpc) is 2.36. The molecule has 2 unspecified atom stereocenters. The molecule has 0 aliphatic rings. The Morgan fingerprint density at radius 2 is 2.25 bits per heavy atom. The Morgan fingerprint density at radius 3 is 2.67 bits per heavy atom. The lowest BCUT2D eigenvalue weighted by Crippen LogP contribution is -2.25. The molecule has 0 saturated heterocycles. The Balaban J connectivity index is 2.58. The van der Waals surface area contributed by atoms with Crippen LogP contribution in [0, 0.1) is 5.92 Å². The van der Waals surface area contributed by atoms with E-state index in [2.05, 4.69) is 6.92 Å². The van der Waals surface area contributed by atoms with E-state index in [4.69, 9.17) is 17.3 Å². The quantitative estimate of drug-likeness (QED) is 0.804. The average molecular weight is 204 g/mol. The molecule has 2 N–H and O–H groups in total. The molecular formula is C9H14ClNS. The minimum Gasteiger partial charge on any atom is -0.328 e. The summed E-state index contributed by atoms with van der Waals surface area (Å²) in [6.07, 6.45) is 0.994. The molecule has 0 bridgehead atoms. The molecule has 0 saturated carbocycles. The molecule has 0 spiro atoms. The molecule has 0 amide bonds. The van der Waals surface area contributed by atoms with Gasteiger partial charge in [-0.25, -0.2) is 0 Å². The standard InChI is InChI=1S/C9H14ClNS/c1-6(7(2)11)5-9-8(10)3-4-12-9/h3-4,6-7H,5,11H2,1-2H3. The summed E-state index contributed by atoms with van der Waals surface area (Å²) < 4.78 is 0. The van der Waals surface area contributed by atoms with Crippen molar-refractivity contribution < 1.29 is 0 Å². The second kappa shape index (κ2) is 4.26. The SMILES string of the molecule is CC(N)C(C)Cc1sccc1Cl. The van der Waals surface area contributed by atoms with E-state index >= 15 is 0 Å². The number of hydrogen-bond donors (Lipinski definition) is 1. The van der Waals surface area contributed by atoms with E-state index in [0.717, 1.165) is 11.4 Å². The predicted octanol–water partition coefficient (Wildman–Crippen LogP) is 2.93. The van der Waals surface area contributed by atoms with Crippen molar-refractivity contribution in [2.24, 2.45) is 11.7 Å². The fourth-order valence-electron chi connectivity index (χ4n) is 0.949. The Labute approximate surface area is 82.5 Å². The Bertz CT molecular complexity index is 244. The lowest BCUT2D eigenvalue weighted by Gasteiger charge is -2.14. The topological polar surface area (TPSA) is 26.0 Å². The maximum Gasteiger partial charge on any atom is 0.0545 e. The molecule has 0 aliphatic carbocycles. The van der Waals surface area contributed by atoms with E-state index in [1.54, 1.807) is 11.3 Å². The van der Waals surface area contributed by atoms with E-state index in [0.29, 0.717) is 5.92 Å². The first kappa shape index (κ1) is 10.0. The van der Waals surface area contributed by atoms with Gasteiger partial charge in [-0.1, -0.05) is 18.5 Å². The largest absolute Gasteiger partial charge is 0.328 e. The van der Waals surface area contributed by atoms with Crippen LogP contribution in [-0.2, 0) is 6.42 Å². The first-order valence-corrected chi connectivity index (χ1v) is 5.34. The highest BCUT2D eigenvalue weighted by Gasteiger charge is 2.11. The maximum absolute atomic E-state index is 5.96. The third kappa shape index (κ3) is 2.47. The zero-order valence-corrected chi connectivity index (χ0v) is 8.95. The smallest absolute Gasteiger partial charge is 0.0545 e. The second-order valence-corrected chi connectivity index (χ2v) is 4.64.